The number of hydrogen-bond donors (Lipinski definition) is 2. The van der Waals surface area contributed by atoms with Gasteiger partial charge in [-0.15, -0.1) is 0 Å². The molecule has 0 radical (unpaired) electrons. The lowest BCUT2D eigenvalue weighted by Crippen LogP contribution is -2.17. The van der Waals surface area contributed by atoms with Crippen LogP contribution in [0, 0.1) is 0 Å². The summed E-state index contributed by atoms with van der Waals surface area (Å²) in [6, 6.07) is 14.7. The van der Waals surface area contributed by atoms with Gasteiger partial charge < -0.3 is 5.11 Å². The van der Waals surface area contributed by atoms with Gasteiger partial charge in [0.1, 0.15) is 5.75 Å². The quantitative estimate of drug-likeness (QED) is 0.541. The number of rotatable bonds is 3. The number of hydrogen-bond acceptors (Lipinski definition) is 3. The van der Waals surface area contributed by atoms with Crippen molar-refractivity contribution in [3.63, 3.8) is 0 Å². The minimum atomic E-state index is -4.45. The first-order valence-corrected chi connectivity index (χ1v) is 7.57. The summed E-state index contributed by atoms with van der Waals surface area (Å²) in [4.78, 5) is 12.2. The lowest BCUT2D eigenvalue weighted by molar-refractivity contribution is -0.137. The van der Waals surface area contributed by atoms with Crippen LogP contribution in [0.1, 0.15) is 21.5 Å². The largest absolute Gasteiger partial charge is 0.507 e. The van der Waals surface area contributed by atoms with Crippen molar-refractivity contribution in [2.24, 2.45) is 5.10 Å². The lowest BCUT2D eigenvalue weighted by Gasteiger charge is -2.07. The van der Waals surface area contributed by atoms with E-state index in [1.807, 2.05) is 0 Å². The molecule has 3 aromatic rings. The molecular weight excluding hydrogens is 345 g/mol. The van der Waals surface area contributed by atoms with E-state index in [2.05, 4.69) is 10.5 Å². The molecule has 3 aromatic carbocycles. The molecule has 0 heterocycles. The van der Waals surface area contributed by atoms with Gasteiger partial charge in [0.15, 0.2) is 0 Å². The van der Waals surface area contributed by atoms with Gasteiger partial charge in [0.2, 0.25) is 0 Å². The van der Waals surface area contributed by atoms with E-state index in [0.717, 1.165) is 29.1 Å². The first-order chi connectivity index (χ1) is 12.3. The number of aromatic hydroxyl groups is 1. The molecule has 1 amide bonds. The zero-order chi connectivity index (χ0) is 18.7. The molecule has 0 aliphatic heterocycles. The average molecular weight is 358 g/mol. The Bertz CT molecular complexity index is 997. The number of nitrogens with one attached hydrogen (secondary N) is 1. The number of benzene rings is 3. The third kappa shape index (κ3) is 3.83. The van der Waals surface area contributed by atoms with Crippen LogP contribution in [0.15, 0.2) is 65.8 Å². The van der Waals surface area contributed by atoms with Gasteiger partial charge in [-0.25, -0.2) is 5.43 Å². The average Bonchev–Trinajstić information content (AvgIpc) is 2.60. The summed E-state index contributed by atoms with van der Waals surface area (Å²) < 4.78 is 38.0. The molecule has 0 aliphatic rings. The molecule has 2 N–H and O–H groups in total. The van der Waals surface area contributed by atoms with Crippen molar-refractivity contribution < 1.29 is 23.1 Å². The van der Waals surface area contributed by atoms with E-state index in [1.54, 1.807) is 24.3 Å². The molecule has 0 unspecified atom stereocenters. The maximum absolute atomic E-state index is 12.7. The van der Waals surface area contributed by atoms with E-state index in [9.17, 15) is 23.1 Å². The first kappa shape index (κ1) is 17.5. The SMILES string of the molecule is O=C(N/N=C\c1cccc(C(F)(F)F)c1)c1cc2ccccc2cc1O. The molecule has 7 heteroatoms. The van der Waals surface area contributed by atoms with Gasteiger partial charge in [-0.1, -0.05) is 36.4 Å². The predicted molar refractivity (Wildman–Crippen MR) is 92.1 cm³/mol. The molecule has 0 atom stereocenters. The summed E-state index contributed by atoms with van der Waals surface area (Å²) >= 11 is 0. The van der Waals surface area contributed by atoms with Crippen molar-refractivity contribution >= 4 is 22.9 Å². The number of hydrazone groups is 1. The fraction of sp³-hybridized carbons (Fsp3) is 0.0526. The van der Waals surface area contributed by atoms with Gasteiger partial charge in [0.25, 0.3) is 5.91 Å². The lowest BCUT2D eigenvalue weighted by atomic mass is 10.1. The molecule has 26 heavy (non-hydrogen) atoms. The highest BCUT2D eigenvalue weighted by atomic mass is 19.4. The van der Waals surface area contributed by atoms with Crippen molar-refractivity contribution in [3.05, 3.63) is 77.4 Å². The summed E-state index contributed by atoms with van der Waals surface area (Å²) in [5.41, 5.74) is 1.60. The number of phenolic OH excluding ortho intramolecular Hbond substituents is 1. The van der Waals surface area contributed by atoms with Gasteiger partial charge >= 0.3 is 6.18 Å². The van der Waals surface area contributed by atoms with Gasteiger partial charge in [-0.2, -0.15) is 18.3 Å². The number of nitrogens with zero attached hydrogens (tertiary/aromatic N) is 1. The molecule has 0 saturated carbocycles. The molecule has 3 rings (SSSR count). The normalized spacial score (nSPS) is 11.8. The van der Waals surface area contributed by atoms with Crippen molar-refractivity contribution in [3.8, 4) is 5.75 Å². The molecule has 0 bridgehead atoms. The first-order valence-electron chi connectivity index (χ1n) is 7.57. The zero-order valence-electron chi connectivity index (χ0n) is 13.3. The zero-order valence-corrected chi connectivity index (χ0v) is 13.3. The Morgan fingerprint density at radius 1 is 1.00 bits per heavy atom. The summed E-state index contributed by atoms with van der Waals surface area (Å²) in [6.07, 6.45) is -3.35. The monoisotopic (exact) mass is 358 g/mol. The van der Waals surface area contributed by atoms with Crippen LogP contribution in [0.3, 0.4) is 0 Å². The summed E-state index contributed by atoms with van der Waals surface area (Å²) in [7, 11) is 0. The second kappa shape index (κ2) is 6.87. The predicted octanol–water partition coefficient (Wildman–Crippen LogP) is 4.33. The van der Waals surface area contributed by atoms with Crippen molar-refractivity contribution in [1.29, 1.82) is 0 Å². The topological polar surface area (TPSA) is 61.7 Å². The Labute approximate surface area is 146 Å². The maximum Gasteiger partial charge on any atom is 0.416 e. The molecule has 132 valence electrons. The smallest absolute Gasteiger partial charge is 0.416 e. The third-order valence-electron chi connectivity index (χ3n) is 3.70. The molecule has 0 fully saturated rings. The Hall–Kier alpha value is -3.35. The van der Waals surface area contributed by atoms with Crippen LogP contribution in [-0.4, -0.2) is 17.2 Å². The summed E-state index contributed by atoms with van der Waals surface area (Å²) in [6.45, 7) is 0. The second-order valence-corrected chi connectivity index (χ2v) is 5.54. The van der Waals surface area contributed by atoms with E-state index in [4.69, 9.17) is 0 Å². The van der Waals surface area contributed by atoms with Crippen LogP contribution in [-0.2, 0) is 6.18 Å². The van der Waals surface area contributed by atoms with Gasteiger partial charge in [-0.05, 0) is 40.6 Å². The van der Waals surface area contributed by atoms with Crippen molar-refractivity contribution in [2.45, 2.75) is 6.18 Å². The Balaban J connectivity index is 1.77. The second-order valence-electron chi connectivity index (χ2n) is 5.54. The number of amides is 1. The number of carbonyl (C=O) groups is 1. The fourth-order valence-corrected chi connectivity index (χ4v) is 2.43. The number of halogens is 3. The third-order valence-corrected chi connectivity index (χ3v) is 3.70. The Kier molecular flexibility index (Phi) is 4.62. The van der Waals surface area contributed by atoms with Crippen molar-refractivity contribution in [1.82, 2.24) is 5.43 Å². The number of carbonyl (C=O) groups excluding carboxylic acids is 1. The van der Waals surface area contributed by atoms with Crippen LogP contribution in [0.25, 0.3) is 10.8 Å². The van der Waals surface area contributed by atoms with E-state index in [1.165, 1.54) is 24.3 Å². The number of phenols is 1. The van der Waals surface area contributed by atoms with Crippen LogP contribution in [0.4, 0.5) is 13.2 Å². The van der Waals surface area contributed by atoms with Crippen LogP contribution in [0.5, 0.6) is 5.75 Å². The van der Waals surface area contributed by atoms with Gasteiger partial charge in [0, 0.05) is 0 Å². The molecular formula is C19H13F3N2O2. The van der Waals surface area contributed by atoms with E-state index >= 15 is 0 Å². The summed E-state index contributed by atoms with van der Waals surface area (Å²) in [5, 5.41) is 15.2. The minimum absolute atomic E-state index is 0.0184. The fourth-order valence-electron chi connectivity index (χ4n) is 2.43. The Morgan fingerprint density at radius 2 is 1.69 bits per heavy atom. The molecule has 0 spiro atoms. The van der Waals surface area contributed by atoms with E-state index in [-0.39, 0.29) is 16.9 Å². The standard InChI is InChI=1S/C19H13F3N2O2/c20-19(21,22)15-7-3-4-12(8-15)11-23-24-18(26)16-9-13-5-1-2-6-14(13)10-17(16)25/h1-11,25H,(H,24,26)/b23-11-. The highest BCUT2D eigenvalue weighted by molar-refractivity contribution is 6.01. The molecule has 4 nitrogen and oxygen atoms in total. The number of alkyl halides is 3. The molecule has 0 aromatic heterocycles. The van der Waals surface area contributed by atoms with Crippen LogP contribution < -0.4 is 5.43 Å². The molecule has 0 aliphatic carbocycles. The molecule has 0 saturated heterocycles. The highest BCUT2D eigenvalue weighted by Crippen LogP contribution is 2.29. The van der Waals surface area contributed by atoms with E-state index < -0.39 is 17.6 Å². The highest BCUT2D eigenvalue weighted by Gasteiger charge is 2.30. The van der Waals surface area contributed by atoms with Crippen molar-refractivity contribution in [2.75, 3.05) is 0 Å². The number of fused-ring (bicyclic) bond motifs is 1. The Morgan fingerprint density at radius 3 is 2.38 bits per heavy atom. The van der Waals surface area contributed by atoms with Gasteiger partial charge in [0.05, 0.1) is 17.3 Å². The minimum Gasteiger partial charge on any atom is -0.507 e. The van der Waals surface area contributed by atoms with Crippen LogP contribution >= 0.6 is 0 Å². The maximum atomic E-state index is 12.7. The van der Waals surface area contributed by atoms with E-state index in [0.29, 0.717) is 0 Å². The van der Waals surface area contributed by atoms with Gasteiger partial charge in [-0.3, -0.25) is 4.79 Å². The van der Waals surface area contributed by atoms with Crippen LogP contribution in [0.2, 0.25) is 0 Å². The summed E-state index contributed by atoms with van der Waals surface area (Å²) in [5.74, 6) is -0.882.